The molecule has 1 aliphatic rings. The molecule has 1 saturated carbocycles. The lowest BCUT2D eigenvalue weighted by molar-refractivity contribution is -0.120. The van der Waals surface area contributed by atoms with Crippen LogP contribution < -0.4 is 14.8 Å². The maximum Gasteiger partial charge on any atom is 0.224 e. The fourth-order valence-corrected chi connectivity index (χ4v) is 3.74. The number of aromatic amines is 1. The minimum atomic E-state index is -0.256. The summed E-state index contributed by atoms with van der Waals surface area (Å²) in [6.07, 6.45) is 4.23. The zero-order valence-corrected chi connectivity index (χ0v) is 16.0. The Labute approximate surface area is 162 Å². The van der Waals surface area contributed by atoms with Crippen LogP contribution in [0.3, 0.4) is 0 Å². The molecule has 0 spiro atoms. The molecule has 0 unspecified atom stereocenters. The van der Waals surface area contributed by atoms with Gasteiger partial charge in [-0.1, -0.05) is 6.07 Å². The molecule has 6 heteroatoms. The fourth-order valence-electron chi connectivity index (χ4n) is 3.74. The third kappa shape index (κ3) is 3.42. The largest absolute Gasteiger partial charge is 0.493 e. The van der Waals surface area contributed by atoms with Crippen LogP contribution in [0.1, 0.15) is 24.0 Å². The van der Waals surface area contributed by atoms with Crippen LogP contribution in [0.25, 0.3) is 10.9 Å². The van der Waals surface area contributed by atoms with Crippen LogP contribution in [0.15, 0.2) is 42.6 Å². The van der Waals surface area contributed by atoms with E-state index in [4.69, 9.17) is 9.47 Å². The molecule has 0 saturated heterocycles. The summed E-state index contributed by atoms with van der Waals surface area (Å²) in [6, 6.07) is 10.3. The van der Waals surface area contributed by atoms with Gasteiger partial charge in [0.1, 0.15) is 5.82 Å². The minimum absolute atomic E-state index is 0.0376. The van der Waals surface area contributed by atoms with E-state index in [9.17, 15) is 9.18 Å². The number of methoxy groups -OCH3 is 2. The van der Waals surface area contributed by atoms with E-state index < -0.39 is 0 Å². The molecular formula is C22H23FN2O3. The van der Waals surface area contributed by atoms with Crippen LogP contribution in [-0.2, 0) is 16.6 Å². The SMILES string of the molecule is COc1ccc(CC(=O)NCC2(c3c[nH]c4cc(F)ccc34)CC2)cc1OC. The number of hydrogen-bond donors (Lipinski definition) is 2. The van der Waals surface area contributed by atoms with Gasteiger partial charge in [0, 0.05) is 29.1 Å². The van der Waals surface area contributed by atoms with Gasteiger partial charge in [0.15, 0.2) is 11.5 Å². The van der Waals surface area contributed by atoms with E-state index in [-0.39, 0.29) is 23.6 Å². The van der Waals surface area contributed by atoms with Gasteiger partial charge < -0.3 is 19.8 Å². The number of carbonyl (C=O) groups is 1. The Hall–Kier alpha value is -3.02. The number of benzene rings is 2. The number of carbonyl (C=O) groups excluding carboxylic acids is 1. The van der Waals surface area contributed by atoms with Crippen molar-refractivity contribution in [2.45, 2.75) is 24.7 Å². The van der Waals surface area contributed by atoms with Gasteiger partial charge in [-0.3, -0.25) is 4.79 Å². The van der Waals surface area contributed by atoms with Crippen molar-refractivity contribution in [1.82, 2.24) is 10.3 Å². The first-order chi connectivity index (χ1) is 13.5. The monoisotopic (exact) mass is 382 g/mol. The summed E-state index contributed by atoms with van der Waals surface area (Å²) >= 11 is 0. The summed E-state index contributed by atoms with van der Waals surface area (Å²) in [5.74, 6) is 0.954. The smallest absolute Gasteiger partial charge is 0.224 e. The van der Waals surface area contributed by atoms with E-state index in [1.165, 1.54) is 12.1 Å². The number of amides is 1. The predicted octanol–water partition coefficient (Wildman–Crippen LogP) is 3.71. The molecule has 3 aromatic rings. The van der Waals surface area contributed by atoms with Crippen molar-refractivity contribution in [2.75, 3.05) is 20.8 Å². The first kappa shape index (κ1) is 18.3. The van der Waals surface area contributed by atoms with Gasteiger partial charge >= 0.3 is 0 Å². The Balaban J connectivity index is 1.43. The van der Waals surface area contributed by atoms with Gasteiger partial charge in [0.25, 0.3) is 0 Å². The number of ether oxygens (including phenoxy) is 2. The Kier molecular flexibility index (Phi) is 4.71. The van der Waals surface area contributed by atoms with Crippen LogP contribution in [0.4, 0.5) is 4.39 Å². The van der Waals surface area contributed by atoms with E-state index in [1.807, 2.05) is 24.4 Å². The first-order valence-corrected chi connectivity index (χ1v) is 9.29. The molecular weight excluding hydrogens is 359 g/mol. The zero-order valence-electron chi connectivity index (χ0n) is 16.0. The second-order valence-corrected chi connectivity index (χ2v) is 7.32. The highest BCUT2D eigenvalue weighted by atomic mass is 19.1. The molecule has 5 nitrogen and oxygen atoms in total. The average molecular weight is 382 g/mol. The van der Waals surface area contributed by atoms with Gasteiger partial charge in [0.05, 0.1) is 20.6 Å². The minimum Gasteiger partial charge on any atom is -0.493 e. The predicted molar refractivity (Wildman–Crippen MR) is 105 cm³/mol. The standard InChI is InChI=1S/C22H23FN2O3/c1-27-19-6-3-14(9-20(19)28-2)10-21(26)25-13-22(7-8-22)17-12-24-18-11-15(23)4-5-16(17)18/h3-6,9,11-12,24H,7-8,10,13H2,1-2H3,(H,25,26). The summed E-state index contributed by atoms with van der Waals surface area (Å²) < 4.78 is 23.9. The van der Waals surface area contributed by atoms with Crippen LogP contribution in [0, 0.1) is 5.82 Å². The highest BCUT2D eigenvalue weighted by Gasteiger charge is 2.45. The Bertz CT molecular complexity index is 1020. The Morgan fingerprint density at radius 2 is 1.93 bits per heavy atom. The maximum atomic E-state index is 13.4. The third-order valence-corrected chi connectivity index (χ3v) is 5.51. The number of halogens is 1. The Morgan fingerprint density at radius 1 is 1.14 bits per heavy atom. The summed E-state index contributed by atoms with van der Waals surface area (Å²) in [6.45, 7) is 0.573. The molecule has 1 aromatic heterocycles. The lowest BCUT2D eigenvalue weighted by Gasteiger charge is -2.16. The molecule has 1 fully saturated rings. The molecule has 1 aliphatic carbocycles. The van der Waals surface area contributed by atoms with E-state index in [0.29, 0.717) is 18.0 Å². The van der Waals surface area contributed by atoms with Crippen LogP contribution >= 0.6 is 0 Å². The molecule has 4 rings (SSSR count). The van der Waals surface area contributed by atoms with Gasteiger partial charge in [-0.05, 0) is 54.3 Å². The van der Waals surface area contributed by atoms with E-state index in [1.54, 1.807) is 20.3 Å². The molecule has 0 bridgehead atoms. The summed E-state index contributed by atoms with van der Waals surface area (Å²) in [4.78, 5) is 15.6. The Morgan fingerprint density at radius 3 is 2.64 bits per heavy atom. The highest BCUT2D eigenvalue weighted by molar-refractivity contribution is 5.85. The normalized spacial score (nSPS) is 14.7. The van der Waals surface area contributed by atoms with Crippen molar-refractivity contribution in [1.29, 1.82) is 0 Å². The summed E-state index contributed by atoms with van der Waals surface area (Å²) in [5, 5.41) is 4.09. The molecule has 146 valence electrons. The molecule has 2 N–H and O–H groups in total. The summed E-state index contributed by atoms with van der Waals surface area (Å²) in [7, 11) is 3.16. The van der Waals surface area contributed by atoms with Gasteiger partial charge in [-0.25, -0.2) is 4.39 Å². The molecule has 2 aromatic carbocycles. The molecule has 0 radical (unpaired) electrons. The van der Waals surface area contributed by atoms with E-state index in [2.05, 4.69) is 10.3 Å². The quantitative estimate of drug-likeness (QED) is 0.655. The van der Waals surface area contributed by atoms with Crippen molar-refractivity contribution >= 4 is 16.8 Å². The van der Waals surface area contributed by atoms with E-state index >= 15 is 0 Å². The zero-order chi connectivity index (χ0) is 19.7. The summed E-state index contributed by atoms with van der Waals surface area (Å²) in [5.41, 5.74) is 2.73. The number of aromatic nitrogens is 1. The molecule has 28 heavy (non-hydrogen) atoms. The number of fused-ring (bicyclic) bond motifs is 1. The van der Waals surface area contributed by atoms with Crippen molar-refractivity contribution in [2.24, 2.45) is 0 Å². The van der Waals surface area contributed by atoms with Crippen molar-refractivity contribution in [3.05, 3.63) is 59.5 Å². The topological polar surface area (TPSA) is 63.3 Å². The number of rotatable bonds is 7. The van der Waals surface area contributed by atoms with Crippen molar-refractivity contribution < 1.29 is 18.7 Å². The van der Waals surface area contributed by atoms with Gasteiger partial charge in [-0.2, -0.15) is 0 Å². The van der Waals surface area contributed by atoms with Crippen LogP contribution in [0.5, 0.6) is 11.5 Å². The number of nitrogens with one attached hydrogen (secondary N) is 2. The third-order valence-electron chi connectivity index (χ3n) is 5.51. The van der Waals surface area contributed by atoms with Crippen molar-refractivity contribution in [3.63, 3.8) is 0 Å². The lowest BCUT2D eigenvalue weighted by Crippen LogP contribution is -2.33. The van der Waals surface area contributed by atoms with Gasteiger partial charge in [-0.15, -0.1) is 0 Å². The second-order valence-electron chi connectivity index (χ2n) is 7.32. The fraction of sp³-hybridized carbons (Fsp3) is 0.318. The van der Waals surface area contributed by atoms with Crippen LogP contribution in [-0.4, -0.2) is 31.7 Å². The molecule has 1 heterocycles. The second kappa shape index (κ2) is 7.19. The van der Waals surface area contributed by atoms with Crippen LogP contribution in [0.2, 0.25) is 0 Å². The molecule has 0 aliphatic heterocycles. The maximum absolute atomic E-state index is 13.4. The van der Waals surface area contributed by atoms with Gasteiger partial charge in [0.2, 0.25) is 5.91 Å². The number of H-pyrrole nitrogens is 1. The van der Waals surface area contributed by atoms with E-state index in [0.717, 1.165) is 34.9 Å². The highest BCUT2D eigenvalue weighted by Crippen LogP contribution is 2.50. The van der Waals surface area contributed by atoms with Crippen molar-refractivity contribution in [3.8, 4) is 11.5 Å². The average Bonchev–Trinajstić information content (AvgIpc) is 3.37. The lowest BCUT2D eigenvalue weighted by atomic mass is 9.95. The first-order valence-electron chi connectivity index (χ1n) is 9.29. The molecule has 0 atom stereocenters. The number of hydrogen-bond acceptors (Lipinski definition) is 3. The molecule has 1 amide bonds.